The Kier molecular flexibility index (Phi) is 4.15. The quantitative estimate of drug-likeness (QED) is 0.676. The fraction of sp³-hybridized carbons (Fsp3) is 0.133. The van der Waals surface area contributed by atoms with Crippen LogP contribution in [0.3, 0.4) is 0 Å². The Morgan fingerprint density at radius 1 is 1.05 bits per heavy atom. The van der Waals surface area contributed by atoms with Gasteiger partial charge in [0.25, 0.3) is 0 Å². The highest BCUT2D eigenvalue weighted by atomic mass is 16.7. The second-order valence-electron chi connectivity index (χ2n) is 3.93. The molecule has 0 aliphatic heterocycles. The van der Waals surface area contributed by atoms with Crippen LogP contribution in [-0.4, -0.2) is 18.2 Å². The third-order valence-electron chi connectivity index (χ3n) is 2.60. The maximum absolute atomic E-state index is 11.9. The third-order valence-corrected chi connectivity index (χ3v) is 2.60. The molecule has 0 spiro atoms. The zero-order chi connectivity index (χ0) is 13.7. The van der Waals surface area contributed by atoms with E-state index in [0.29, 0.717) is 5.56 Å². The van der Waals surface area contributed by atoms with Crippen molar-refractivity contribution in [2.24, 2.45) is 0 Å². The molecule has 0 heterocycles. The third kappa shape index (κ3) is 3.33. The van der Waals surface area contributed by atoms with E-state index < -0.39 is 12.3 Å². The summed E-state index contributed by atoms with van der Waals surface area (Å²) in [7, 11) is 1.47. The van der Waals surface area contributed by atoms with Crippen LogP contribution in [0.25, 0.3) is 0 Å². The summed E-state index contributed by atoms with van der Waals surface area (Å²) in [6.07, 6.45) is -0.748. The Bertz CT molecular complexity index is 534. The molecule has 0 saturated carbocycles. The number of hydrogen-bond acceptors (Lipinski definition) is 4. The van der Waals surface area contributed by atoms with E-state index in [4.69, 9.17) is 14.6 Å². The highest BCUT2D eigenvalue weighted by Gasteiger charge is 2.16. The van der Waals surface area contributed by atoms with Crippen molar-refractivity contribution in [3.63, 3.8) is 0 Å². The lowest BCUT2D eigenvalue weighted by molar-refractivity contribution is -0.0927. The Hall–Kier alpha value is -2.33. The molecular weight excluding hydrogens is 244 g/mol. The number of rotatable bonds is 4. The normalized spacial score (nSPS) is 11.8. The van der Waals surface area contributed by atoms with Crippen molar-refractivity contribution in [3.8, 4) is 5.75 Å². The molecule has 1 unspecified atom stereocenters. The predicted molar refractivity (Wildman–Crippen MR) is 69.7 cm³/mol. The van der Waals surface area contributed by atoms with Crippen LogP contribution < -0.4 is 0 Å². The molecule has 0 radical (unpaired) electrons. The van der Waals surface area contributed by atoms with Gasteiger partial charge in [-0.25, -0.2) is 4.79 Å². The molecule has 4 heteroatoms. The van der Waals surface area contributed by atoms with Gasteiger partial charge in [-0.2, -0.15) is 0 Å². The first-order valence-electron chi connectivity index (χ1n) is 5.78. The summed E-state index contributed by atoms with van der Waals surface area (Å²) in [6.45, 7) is 0. The monoisotopic (exact) mass is 258 g/mol. The minimum atomic E-state index is -0.748. The van der Waals surface area contributed by atoms with Gasteiger partial charge >= 0.3 is 5.97 Å². The minimum absolute atomic E-state index is 0.0999. The molecule has 0 aliphatic carbocycles. The summed E-state index contributed by atoms with van der Waals surface area (Å²) < 4.78 is 10.4. The van der Waals surface area contributed by atoms with E-state index in [1.54, 1.807) is 0 Å². The molecule has 1 atom stereocenters. The fourth-order valence-corrected chi connectivity index (χ4v) is 1.63. The molecule has 1 N–H and O–H groups in total. The van der Waals surface area contributed by atoms with Crippen molar-refractivity contribution in [3.05, 3.63) is 65.7 Å². The Morgan fingerprint density at radius 2 is 1.68 bits per heavy atom. The second kappa shape index (κ2) is 6.02. The van der Waals surface area contributed by atoms with Crippen LogP contribution in [0.15, 0.2) is 54.6 Å². The maximum atomic E-state index is 11.9. The van der Waals surface area contributed by atoms with Crippen LogP contribution >= 0.6 is 0 Å². The first-order chi connectivity index (χ1) is 9.20. The maximum Gasteiger partial charge on any atom is 0.340 e. The predicted octanol–water partition coefficient (Wildman–Crippen LogP) is 2.89. The van der Waals surface area contributed by atoms with Gasteiger partial charge in [0.15, 0.2) is 0 Å². The summed E-state index contributed by atoms with van der Waals surface area (Å²) in [5.74, 6) is -0.404. The van der Waals surface area contributed by atoms with Crippen LogP contribution in [0, 0.1) is 0 Å². The summed E-state index contributed by atoms with van der Waals surface area (Å²) in [5.41, 5.74) is 1.12. The van der Waals surface area contributed by atoms with Gasteiger partial charge in [-0.15, -0.1) is 0 Å². The van der Waals surface area contributed by atoms with Gasteiger partial charge in [-0.1, -0.05) is 30.3 Å². The molecule has 98 valence electrons. The van der Waals surface area contributed by atoms with Gasteiger partial charge in [-0.3, -0.25) is 0 Å². The number of esters is 1. The van der Waals surface area contributed by atoms with Gasteiger partial charge < -0.3 is 14.6 Å². The molecule has 2 rings (SSSR count). The number of ether oxygens (including phenoxy) is 2. The van der Waals surface area contributed by atoms with Crippen LogP contribution in [0.2, 0.25) is 0 Å². The number of phenolic OH excluding ortho intramolecular Hbond substituents is 1. The van der Waals surface area contributed by atoms with Crippen molar-refractivity contribution in [1.29, 1.82) is 0 Å². The van der Waals surface area contributed by atoms with Crippen molar-refractivity contribution in [2.45, 2.75) is 6.29 Å². The number of carbonyl (C=O) groups excluding carboxylic acids is 1. The molecule has 0 amide bonds. The molecular formula is C15H14O4. The van der Waals surface area contributed by atoms with Gasteiger partial charge in [-0.05, 0) is 24.3 Å². The molecule has 2 aromatic carbocycles. The lowest BCUT2D eigenvalue weighted by Gasteiger charge is -2.16. The number of phenols is 1. The SMILES string of the molecule is COC(OC(=O)c1ccc(O)cc1)c1ccccc1. The topological polar surface area (TPSA) is 55.8 Å². The lowest BCUT2D eigenvalue weighted by Crippen LogP contribution is -2.13. The summed E-state index contributed by atoms with van der Waals surface area (Å²) in [6, 6.07) is 15.0. The molecule has 0 fully saturated rings. The van der Waals surface area contributed by atoms with Crippen LogP contribution in [0.5, 0.6) is 5.75 Å². The second-order valence-corrected chi connectivity index (χ2v) is 3.93. The van der Waals surface area contributed by atoms with Gasteiger partial charge in [0.1, 0.15) is 5.75 Å². The summed E-state index contributed by atoms with van der Waals surface area (Å²) in [5, 5.41) is 9.17. The summed E-state index contributed by atoms with van der Waals surface area (Å²) in [4.78, 5) is 11.9. The standard InChI is InChI=1S/C15H14O4/c1-18-15(12-5-3-2-4-6-12)19-14(17)11-7-9-13(16)10-8-11/h2-10,15-16H,1H3. The van der Waals surface area contributed by atoms with E-state index in [-0.39, 0.29) is 5.75 Å². The van der Waals surface area contributed by atoms with E-state index in [0.717, 1.165) is 5.56 Å². The zero-order valence-electron chi connectivity index (χ0n) is 10.4. The zero-order valence-corrected chi connectivity index (χ0v) is 10.4. The van der Waals surface area contributed by atoms with E-state index in [1.807, 2.05) is 30.3 Å². The van der Waals surface area contributed by atoms with E-state index in [2.05, 4.69) is 0 Å². The average Bonchev–Trinajstić information content (AvgIpc) is 2.46. The van der Waals surface area contributed by atoms with Crippen molar-refractivity contribution >= 4 is 5.97 Å². The van der Waals surface area contributed by atoms with E-state index >= 15 is 0 Å². The van der Waals surface area contributed by atoms with Crippen molar-refractivity contribution in [2.75, 3.05) is 7.11 Å². The molecule has 0 bridgehead atoms. The molecule has 2 aromatic rings. The van der Waals surface area contributed by atoms with E-state index in [1.165, 1.54) is 31.4 Å². The Labute approximate surface area is 111 Å². The number of carbonyl (C=O) groups is 1. The smallest absolute Gasteiger partial charge is 0.340 e. The van der Waals surface area contributed by atoms with Gasteiger partial charge in [0.05, 0.1) is 5.56 Å². The highest BCUT2D eigenvalue weighted by molar-refractivity contribution is 5.89. The van der Waals surface area contributed by atoms with Crippen LogP contribution in [0.1, 0.15) is 22.2 Å². The average molecular weight is 258 g/mol. The summed E-state index contributed by atoms with van der Waals surface area (Å²) >= 11 is 0. The van der Waals surface area contributed by atoms with E-state index in [9.17, 15) is 4.79 Å². The first-order valence-corrected chi connectivity index (χ1v) is 5.78. The molecule has 0 aliphatic rings. The number of methoxy groups -OCH3 is 1. The molecule has 4 nitrogen and oxygen atoms in total. The Morgan fingerprint density at radius 3 is 2.26 bits per heavy atom. The lowest BCUT2D eigenvalue weighted by atomic mass is 10.2. The van der Waals surface area contributed by atoms with Crippen LogP contribution in [0.4, 0.5) is 0 Å². The molecule has 0 saturated heterocycles. The highest BCUT2D eigenvalue weighted by Crippen LogP contribution is 2.20. The number of aromatic hydroxyl groups is 1. The molecule has 0 aromatic heterocycles. The van der Waals surface area contributed by atoms with Gasteiger partial charge in [0.2, 0.25) is 6.29 Å². The van der Waals surface area contributed by atoms with Crippen molar-refractivity contribution in [1.82, 2.24) is 0 Å². The number of benzene rings is 2. The van der Waals surface area contributed by atoms with Crippen molar-refractivity contribution < 1.29 is 19.4 Å². The van der Waals surface area contributed by atoms with Gasteiger partial charge in [0, 0.05) is 12.7 Å². The fourth-order valence-electron chi connectivity index (χ4n) is 1.63. The largest absolute Gasteiger partial charge is 0.508 e. The number of hydrogen-bond donors (Lipinski definition) is 1. The molecule has 19 heavy (non-hydrogen) atoms. The minimum Gasteiger partial charge on any atom is -0.508 e. The van der Waals surface area contributed by atoms with Crippen LogP contribution in [-0.2, 0) is 9.47 Å². The first kappa shape index (κ1) is 13.1. The Balaban J connectivity index is 2.10.